The molecule has 0 spiro atoms. The number of carbonyl (C=O) groups excluding carboxylic acids is 2. The second-order valence-corrected chi connectivity index (χ2v) is 10.1. The number of hydrogen-bond donors (Lipinski definition) is 2. The van der Waals surface area contributed by atoms with Crippen LogP contribution in [-0.2, 0) is 17.8 Å². The number of alkyl carbamates (subject to hydrolysis) is 1. The topological polar surface area (TPSA) is 115 Å². The van der Waals surface area contributed by atoms with Crippen molar-refractivity contribution in [1.29, 1.82) is 0 Å². The molecule has 3 aromatic rings. The van der Waals surface area contributed by atoms with Gasteiger partial charge in [0, 0.05) is 31.5 Å². The van der Waals surface area contributed by atoms with Crippen molar-refractivity contribution in [3.8, 4) is 11.6 Å². The van der Waals surface area contributed by atoms with Gasteiger partial charge in [-0.05, 0) is 62.9 Å². The average molecular weight is 534 g/mol. The summed E-state index contributed by atoms with van der Waals surface area (Å²) >= 11 is 0. The molecule has 1 aliphatic heterocycles. The quantitative estimate of drug-likeness (QED) is 0.369. The minimum atomic E-state index is -0.566. The number of rotatable bonds is 10. The molecule has 0 aliphatic carbocycles. The molecule has 2 aromatic carbocycles. The number of benzene rings is 2. The minimum absolute atomic E-state index is 0.199. The van der Waals surface area contributed by atoms with Crippen LogP contribution in [0, 0.1) is 0 Å². The van der Waals surface area contributed by atoms with Crippen LogP contribution in [0.25, 0.3) is 0 Å². The number of carbonyl (C=O) groups is 2. The summed E-state index contributed by atoms with van der Waals surface area (Å²) in [5.74, 6) is 1.06. The van der Waals surface area contributed by atoms with Crippen LogP contribution >= 0.6 is 0 Å². The number of ether oxygens (including phenoxy) is 3. The molecule has 1 aliphatic rings. The second kappa shape index (κ2) is 12.5. The predicted molar refractivity (Wildman–Crippen MR) is 148 cm³/mol. The Kier molecular flexibility index (Phi) is 8.85. The molecule has 0 fully saturated rings. The molecule has 0 unspecified atom stereocenters. The van der Waals surface area contributed by atoms with Gasteiger partial charge in [0.15, 0.2) is 0 Å². The lowest BCUT2D eigenvalue weighted by Crippen LogP contribution is -2.34. The van der Waals surface area contributed by atoms with Crippen molar-refractivity contribution in [3.63, 3.8) is 0 Å². The van der Waals surface area contributed by atoms with Crippen molar-refractivity contribution in [3.05, 3.63) is 71.4 Å². The third kappa shape index (κ3) is 7.59. The molecule has 2 amide bonds. The van der Waals surface area contributed by atoms with E-state index in [-0.39, 0.29) is 24.0 Å². The summed E-state index contributed by atoms with van der Waals surface area (Å²) in [6, 6.07) is 15.6. The van der Waals surface area contributed by atoms with Gasteiger partial charge in [0.1, 0.15) is 23.5 Å². The Labute approximate surface area is 228 Å². The van der Waals surface area contributed by atoms with Crippen molar-refractivity contribution < 1.29 is 23.8 Å². The van der Waals surface area contributed by atoms with E-state index in [1.807, 2.05) is 47.4 Å². The summed E-state index contributed by atoms with van der Waals surface area (Å²) in [6.07, 6.45) is 2.42. The van der Waals surface area contributed by atoms with Crippen LogP contribution in [0.5, 0.6) is 11.6 Å². The van der Waals surface area contributed by atoms with E-state index in [1.165, 1.54) is 11.8 Å². The van der Waals surface area contributed by atoms with Crippen LogP contribution in [0.1, 0.15) is 48.7 Å². The Hall–Kier alpha value is -4.34. The number of aromatic nitrogens is 2. The van der Waals surface area contributed by atoms with Gasteiger partial charge in [0.25, 0.3) is 5.91 Å². The van der Waals surface area contributed by atoms with Gasteiger partial charge >= 0.3 is 6.09 Å². The van der Waals surface area contributed by atoms with E-state index >= 15 is 0 Å². The number of methoxy groups -OCH3 is 1. The van der Waals surface area contributed by atoms with E-state index in [0.717, 1.165) is 30.0 Å². The molecule has 0 radical (unpaired) electrons. The monoisotopic (exact) mass is 533 g/mol. The van der Waals surface area contributed by atoms with E-state index in [2.05, 4.69) is 26.7 Å². The number of fused-ring (bicyclic) bond motifs is 1. The van der Waals surface area contributed by atoms with Gasteiger partial charge in [-0.3, -0.25) is 4.79 Å². The molecule has 206 valence electrons. The zero-order valence-electron chi connectivity index (χ0n) is 22.8. The highest BCUT2D eigenvalue weighted by atomic mass is 16.6. The normalized spacial score (nSPS) is 12.5. The fraction of sp³-hybridized carbons (Fsp3) is 0.379. The lowest BCUT2D eigenvalue weighted by atomic mass is 10.2. The highest BCUT2D eigenvalue weighted by Crippen LogP contribution is 2.33. The van der Waals surface area contributed by atoms with E-state index < -0.39 is 11.7 Å². The summed E-state index contributed by atoms with van der Waals surface area (Å²) in [7, 11) is 1.61. The zero-order valence-corrected chi connectivity index (χ0v) is 22.8. The van der Waals surface area contributed by atoms with Gasteiger partial charge in [-0.2, -0.15) is 4.98 Å². The molecule has 10 heteroatoms. The van der Waals surface area contributed by atoms with Crippen LogP contribution in [0.4, 0.5) is 16.4 Å². The molecule has 2 heterocycles. The number of amides is 2. The predicted octanol–water partition coefficient (Wildman–Crippen LogP) is 4.40. The molecule has 0 saturated carbocycles. The maximum absolute atomic E-state index is 13.1. The van der Waals surface area contributed by atoms with Gasteiger partial charge in [0.05, 0.1) is 7.11 Å². The first-order chi connectivity index (χ1) is 18.7. The highest BCUT2D eigenvalue weighted by Gasteiger charge is 2.24. The standard InChI is InChI=1S/C29H35N5O5/c1-29(2,3)39-28(36)31-16-7-15-30-25(35)23-18-32-27(34-17-14-21-8-5-6-9-24(21)34)33-26(23)38-19-20-10-12-22(37-4)13-11-20/h5-6,8-13,18H,7,14-17,19H2,1-4H3,(H,30,35)(H,31,36). The Morgan fingerprint density at radius 1 is 1.03 bits per heavy atom. The molecule has 4 rings (SSSR count). The van der Waals surface area contributed by atoms with Crippen LogP contribution in [0.15, 0.2) is 54.7 Å². The molecule has 1 aromatic heterocycles. The van der Waals surface area contributed by atoms with Crippen molar-refractivity contribution in [2.75, 3.05) is 31.6 Å². The first kappa shape index (κ1) is 27.7. The zero-order chi connectivity index (χ0) is 27.8. The Balaban J connectivity index is 1.44. The summed E-state index contributed by atoms with van der Waals surface area (Å²) in [6.45, 7) is 7.07. The smallest absolute Gasteiger partial charge is 0.407 e. The highest BCUT2D eigenvalue weighted by molar-refractivity contribution is 5.96. The van der Waals surface area contributed by atoms with E-state index in [1.54, 1.807) is 27.9 Å². The molecule has 0 atom stereocenters. The van der Waals surface area contributed by atoms with Crippen LogP contribution in [-0.4, -0.2) is 54.3 Å². The third-order valence-electron chi connectivity index (χ3n) is 5.96. The molecule has 39 heavy (non-hydrogen) atoms. The molecule has 0 bridgehead atoms. The number of anilines is 2. The fourth-order valence-corrected chi connectivity index (χ4v) is 4.06. The van der Waals surface area contributed by atoms with Crippen LogP contribution in [0.2, 0.25) is 0 Å². The number of para-hydroxylation sites is 1. The van der Waals surface area contributed by atoms with E-state index in [9.17, 15) is 9.59 Å². The molecular formula is C29H35N5O5. The Bertz CT molecular complexity index is 1290. The van der Waals surface area contributed by atoms with Crippen molar-refractivity contribution in [2.24, 2.45) is 0 Å². The molecule has 0 saturated heterocycles. The summed E-state index contributed by atoms with van der Waals surface area (Å²) < 4.78 is 16.5. The largest absolute Gasteiger partial charge is 0.497 e. The van der Waals surface area contributed by atoms with Gasteiger partial charge < -0.3 is 29.7 Å². The lowest BCUT2D eigenvalue weighted by Gasteiger charge is -2.19. The summed E-state index contributed by atoms with van der Waals surface area (Å²) in [4.78, 5) is 36.1. The maximum atomic E-state index is 13.1. The Morgan fingerprint density at radius 2 is 1.77 bits per heavy atom. The van der Waals surface area contributed by atoms with Crippen molar-refractivity contribution in [2.45, 2.75) is 45.8 Å². The number of hydrogen-bond acceptors (Lipinski definition) is 8. The average Bonchev–Trinajstić information content (AvgIpc) is 3.35. The van der Waals surface area contributed by atoms with Crippen molar-refractivity contribution in [1.82, 2.24) is 20.6 Å². The van der Waals surface area contributed by atoms with Crippen molar-refractivity contribution >= 4 is 23.6 Å². The first-order valence-corrected chi connectivity index (χ1v) is 13.0. The third-order valence-corrected chi connectivity index (χ3v) is 5.96. The number of nitrogens with one attached hydrogen (secondary N) is 2. The fourth-order valence-electron chi connectivity index (χ4n) is 4.06. The van der Waals surface area contributed by atoms with Gasteiger partial charge in [-0.25, -0.2) is 9.78 Å². The minimum Gasteiger partial charge on any atom is -0.497 e. The van der Waals surface area contributed by atoms with E-state index in [0.29, 0.717) is 25.5 Å². The lowest BCUT2D eigenvalue weighted by molar-refractivity contribution is 0.0527. The molecule has 2 N–H and O–H groups in total. The molecular weight excluding hydrogens is 498 g/mol. The maximum Gasteiger partial charge on any atom is 0.407 e. The second-order valence-electron chi connectivity index (χ2n) is 10.1. The van der Waals surface area contributed by atoms with Crippen LogP contribution < -0.4 is 25.0 Å². The number of nitrogens with zero attached hydrogens (tertiary/aromatic N) is 3. The Morgan fingerprint density at radius 3 is 2.51 bits per heavy atom. The summed E-state index contributed by atoms with van der Waals surface area (Å²) in [5, 5.41) is 5.54. The SMILES string of the molecule is COc1ccc(COc2nc(N3CCc4ccccc43)ncc2C(=O)NCCCNC(=O)OC(C)(C)C)cc1. The first-order valence-electron chi connectivity index (χ1n) is 13.0. The van der Waals surface area contributed by atoms with E-state index in [4.69, 9.17) is 14.2 Å². The van der Waals surface area contributed by atoms with Gasteiger partial charge in [0.2, 0.25) is 11.8 Å². The van der Waals surface area contributed by atoms with Gasteiger partial charge in [-0.15, -0.1) is 0 Å². The van der Waals surface area contributed by atoms with Crippen LogP contribution in [0.3, 0.4) is 0 Å². The van der Waals surface area contributed by atoms with Gasteiger partial charge in [-0.1, -0.05) is 30.3 Å². The summed E-state index contributed by atoms with van der Waals surface area (Å²) in [5.41, 5.74) is 2.85. The molecule has 10 nitrogen and oxygen atoms in total.